The lowest BCUT2D eigenvalue weighted by Crippen LogP contribution is -2.29. The van der Waals surface area contributed by atoms with Crippen molar-refractivity contribution in [2.45, 2.75) is 40.2 Å². The quantitative estimate of drug-likeness (QED) is 0.635. The van der Waals surface area contributed by atoms with E-state index >= 15 is 0 Å². The molecule has 0 aliphatic heterocycles. The van der Waals surface area contributed by atoms with Crippen LogP contribution in [0.3, 0.4) is 0 Å². The van der Waals surface area contributed by atoms with E-state index in [-0.39, 0.29) is 5.56 Å². The van der Waals surface area contributed by atoms with Crippen LogP contribution in [0.25, 0.3) is 10.9 Å². The van der Waals surface area contributed by atoms with Gasteiger partial charge in [0.25, 0.3) is 5.56 Å². The van der Waals surface area contributed by atoms with Crippen molar-refractivity contribution >= 4 is 10.9 Å². The highest BCUT2D eigenvalue weighted by Crippen LogP contribution is 2.23. The molecule has 3 rings (SSSR count). The zero-order valence-electron chi connectivity index (χ0n) is 17.2. The second-order valence-corrected chi connectivity index (χ2v) is 7.42. The minimum absolute atomic E-state index is 0.0892. The molecular weight excluding hydrogens is 350 g/mol. The molecule has 0 unspecified atom stereocenters. The number of H-pyrrole nitrogens is 1. The van der Waals surface area contributed by atoms with Crippen LogP contribution >= 0.6 is 0 Å². The summed E-state index contributed by atoms with van der Waals surface area (Å²) in [7, 11) is 0. The first kappa shape index (κ1) is 20.1. The lowest BCUT2D eigenvalue weighted by Gasteiger charge is -2.20. The molecule has 1 heterocycles. The van der Waals surface area contributed by atoms with Crippen LogP contribution in [0.2, 0.25) is 0 Å². The molecule has 0 saturated carbocycles. The Morgan fingerprint density at radius 1 is 1.18 bits per heavy atom. The summed E-state index contributed by atoms with van der Waals surface area (Å²) >= 11 is 0. The molecule has 3 aromatic rings. The van der Waals surface area contributed by atoms with E-state index in [2.05, 4.69) is 54.7 Å². The van der Waals surface area contributed by atoms with Gasteiger partial charge in [0, 0.05) is 6.54 Å². The SMILES string of the molecule is CCN(CCOc1ccc(C(C)C)c(C)c1)Cc1nc2ccccc2c(=O)[nH]1. The van der Waals surface area contributed by atoms with Crippen LogP contribution in [0.15, 0.2) is 47.3 Å². The average molecular weight is 380 g/mol. The highest BCUT2D eigenvalue weighted by atomic mass is 16.5. The van der Waals surface area contributed by atoms with Crippen LogP contribution < -0.4 is 10.3 Å². The molecule has 1 aromatic heterocycles. The van der Waals surface area contributed by atoms with Crippen LogP contribution in [0.5, 0.6) is 5.75 Å². The molecular formula is C23H29N3O2. The summed E-state index contributed by atoms with van der Waals surface area (Å²) in [4.78, 5) is 21.9. The number of para-hydroxylation sites is 1. The van der Waals surface area contributed by atoms with E-state index in [4.69, 9.17) is 4.74 Å². The minimum Gasteiger partial charge on any atom is -0.492 e. The van der Waals surface area contributed by atoms with Crippen molar-refractivity contribution in [3.8, 4) is 5.75 Å². The molecule has 2 aromatic carbocycles. The van der Waals surface area contributed by atoms with Crippen molar-refractivity contribution in [1.29, 1.82) is 0 Å². The Labute approximate surface area is 166 Å². The van der Waals surface area contributed by atoms with Gasteiger partial charge in [-0.25, -0.2) is 4.98 Å². The van der Waals surface area contributed by atoms with Crippen LogP contribution in [0.1, 0.15) is 43.6 Å². The van der Waals surface area contributed by atoms with Crippen molar-refractivity contribution in [3.63, 3.8) is 0 Å². The Hall–Kier alpha value is -2.66. The third-order valence-electron chi connectivity index (χ3n) is 5.02. The van der Waals surface area contributed by atoms with Gasteiger partial charge in [0.2, 0.25) is 0 Å². The predicted molar refractivity (Wildman–Crippen MR) is 114 cm³/mol. The first-order chi connectivity index (χ1) is 13.5. The molecule has 0 radical (unpaired) electrons. The second kappa shape index (κ2) is 9.02. The molecule has 0 atom stereocenters. The molecule has 5 nitrogen and oxygen atoms in total. The number of aryl methyl sites for hydroxylation is 1. The Bertz CT molecular complexity index is 995. The molecule has 0 aliphatic carbocycles. The summed E-state index contributed by atoms with van der Waals surface area (Å²) in [5.41, 5.74) is 3.26. The Balaban J connectivity index is 1.61. The van der Waals surface area contributed by atoms with Crippen molar-refractivity contribution in [3.05, 3.63) is 69.8 Å². The highest BCUT2D eigenvalue weighted by molar-refractivity contribution is 5.77. The summed E-state index contributed by atoms with van der Waals surface area (Å²) in [5, 5.41) is 0.623. The molecule has 148 valence electrons. The van der Waals surface area contributed by atoms with E-state index in [1.807, 2.05) is 24.3 Å². The van der Waals surface area contributed by atoms with E-state index in [0.29, 0.717) is 30.3 Å². The molecule has 0 amide bonds. The smallest absolute Gasteiger partial charge is 0.258 e. The van der Waals surface area contributed by atoms with Crippen molar-refractivity contribution in [2.24, 2.45) is 0 Å². The number of aromatic nitrogens is 2. The van der Waals surface area contributed by atoms with Gasteiger partial charge in [-0.3, -0.25) is 9.69 Å². The number of ether oxygens (including phenoxy) is 1. The van der Waals surface area contributed by atoms with E-state index < -0.39 is 0 Å². The number of nitrogens with zero attached hydrogens (tertiary/aromatic N) is 2. The maximum Gasteiger partial charge on any atom is 0.258 e. The Kier molecular flexibility index (Phi) is 6.47. The monoisotopic (exact) mass is 379 g/mol. The largest absolute Gasteiger partial charge is 0.492 e. The summed E-state index contributed by atoms with van der Waals surface area (Å²) in [6.45, 7) is 11.4. The maximum absolute atomic E-state index is 12.2. The fourth-order valence-corrected chi connectivity index (χ4v) is 3.45. The summed E-state index contributed by atoms with van der Waals surface area (Å²) < 4.78 is 5.95. The van der Waals surface area contributed by atoms with Gasteiger partial charge in [0.05, 0.1) is 17.4 Å². The molecule has 5 heteroatoms. The maximum atomic E-state index is 12.2. The van der Waals surface area contributed by atoms with Crippen LogP contribution in [-0.2, 0) is 6.54 Å². The van der Waals surface area contributed by atoms with Crippen LogP contribution in [0.4, 0.5) is 0 Å². The van der Waals surface area contributed by atoms with Gasteiger partial charge in [0.1, 0.15) is 18.2 Å². The molecule has 1 N–H and O–H groups in total. The number of aromatic amines is 1. The van der Waals surface area contributed by atoms with E-state index in [9.17, 15) is 4.79 Å². The average Bonchev–Trinajstić information content (AvgIpc) is 2.67. The minimum atomic E-state index is -0.0892. The lowest BCUT2D eigenvalue weighted by atomic mass is 9.98. The number of hydrogen-bond acceptors (Lipinski definition) is 4. The molecule has 0 saturated heterocycles. The van der Waals surface area contributed by atoms with Gasteiger partial charge in [-0.05, 0) is 54.8 Å². The van der Waals surface area contributed by atoms with Gasteiger partial charge in [-0.15, -0.1) is 0 Å². The highest BCUT2D eigenvalue weighted by Gasteiger charge is 2.09. The van der Waals surface area contributed by atoms with E-state index in [0.717, 1.165) is 24.4 Å². The van der Waals surface area contributed by atoms with Gasteiger partial charge in [0.15, 0.2) is 0 Å². The van der Waals surface area contributed by atoms with E-state index in [1.54, 1.807) is 6.07 Å². The Morgan fingerprint density at radius 3 is 2.68 bits per heavy atom. The van der Waals surface area contributed by atoms with Gasteiger partial charge in [-0.1, -0.05) is 39.0 Å². The number of hydrogen-bond donors (Lipinski definition) is 1. The van der Waals surface area contributed by atoms with Crippen molar-refractivity contribution < 1.29 is 4.74 Å². The fourth-order valence-electron chi connectivity index (χ4n) is 3.45. The number of fused-ring (bicyclic) bond motifs is 1. The fraction of sp³-hybridized carbons (Fsp3) is 0.391. The molecule has 0 bridgehead atoms. The first-order valence-electron chi connectivity index (χ1n) is 9.91. The van der Waals surface area contributed by atoms with Gasteiger partial charge in [-0.2, -0.15) is 0 Å². The molecule has 0 fully saturated rings. The van der Waals surface area contributed by atoms with Crippen molar-refractivity contribution in [2.75, 3.05) is 19.7 Å². The normalized spacial score (nSPS) is 11.5. The number of benzene rings is 2. The van der Waals surface area contributed by atoms with E-state index in [1.165, 1.54) is 11.1 Å². The zero-order chi connectivity index (χ0) is 20.1. The summed E-state index contributed by atoms with van der Waals surface area (Å²) in [6.07, 6.45) is 0. The predicted octanol–water partition coefficient (Wildman–Crippen LogP) is 4.26. The third kappa shape index (κ3) is 4.78. The molecule has 0 aliphatic rings. The topological polar surface area (TPSA) is 58.2 Å². The van der Waals surface area contributed by atoms with Crippen molar-refractivity contribution in [1.82, 2.24) is 14.9 Å². The molecule has 28 heavy (non-hydrogen) atoms. The first-order valence-corrected chi connectivity index (χ1v) is 9.91. The number of likely N-dealkylation sites (N-methyl/N-ethyl adjacent to an activating group) is 1. The zero-order valence-corrected chi connectivity index (χ0v) is 17.2. The second-order valence-electron chi connectivity index (χ2n) is 7.42. The molecule has 0 spiro atoms. The summed E-state index contributed by atoms with van der Waals surface area (Å²) in [5.74, 6) is 2.10. The lowest BCUT2D eigenvalue weighted by molar-refractivity contribution is 0.206. The standard InChI is InChI=1S/C23H29N3O2/c1-5-26(12-13-28-18-10-11-19(16(2)3)17(4)14-18)15-22-24-21-9-7-6-8-20(21)23(27)25-22/h6-11,14,16H,5,12-13,15H2,1-4H3,(H,24,25,27). The summed E-state index contributed by atoms with van der Waals surface area (Å²) in [6, 6.07) is 13.7. The van der Waals surface area contributed by atoms with Crippen LogP contribution in [0, 0.1) is 6.92 Å². The van der Waals surface area contributed by atoms with Crippen LogP contribution in [-0.4, -0.2) is 34.6 Å². The third-order valence-corrected chi connectivity index (χ3v) is 5.02. The number of nitrogens with one attached hydrogen (secondary N) is 1. The number of rotatable bonds is 8. The van der Waals surface area contributed by atoms with Gasteiger partial charge < -0.3 is 9.72 Å². The van der Waals surface area contributed by atoms with Gasteiger partial charge >= 0.3 is 0 Å². The Morgan fingerprint density at radius 2 is 1.96 bits per heavy atom.